The lowest BCUT2D eigenvalue weighted by molar-refractivity contribution is 0.655. The first-order chi connectivity index (χ1) is 7.38. The predicted molar refractivity (Wildman–Crippen MR) is 65.9 cm³/mol. The summed E-state index contributed by atoms with van der Waals surface area (Å²) in [6.45, 7) is 5.06. The molecule has 1 saturated heterocycles. The van der Waals surface area contributed by atoms with Gasteiger partial charge in [0.2, 0.25) is 0 Å². The minimum Gasteiger partial charge on any atom is -0.311 e. The zero-order valence-corrected chi connectivity index (χ0v) is 9.47. The van der Waals surface area contributed by atoms with Crippen LogP contribution in [0.2, 0.25) is 0 Å². The predicted octanol–water partition coefficient (Wildman–Crippen LogP) is 3.35. The molecule has 15 heavy (non-hydrogen) atoms. The third-order valence-corrected chi connectivity index (χ3v) is 3.32. The van der Waals surface area contributed by atoms with Crippen LogP contribution in [0.1, 0.15) is 38.5 Å². The van der Waals surface area contributed by atoms with E-state index in [1.165, 1.54) is 50.6 Å². The lowest BCUT2D eigenvalue weighted by Crippen LogP contribution is -1.94. The van der Waals surface area contributed by atoms with Crippen molar-refractivity contribution in [2.24, 2.45) is 0 Å². The third kappa shape index (κ3) is 3.67. The van der Waals surface area contributed by atoms with Crippen molar-refractivity contribution in [1.29, 1.82) is 0 Å². The molecule has 1 aliphatic heterocycles. The third-order valence-electron chi connectivity index (χ3n) is 3.32. The number of allylic oxidation sites excluding steroid dienone is 5. The van der Waals surface area contributed by atoms with Crippen LogP contribution in [-0.4, -0.2) is 12.6 Å². The highest BCUT2D eigenvalue weighted by Crippen LogP contribution is 2.23. The van der Waals surface area contributed by atoms with Crippen molar-refractivity contribution in [3.05, 3.63) is 36.0 Å². The van der Waals surface area contributed by atoms with Gasteiger partial charge < -0.3 is 5.32 Å². The van der Waals surface area contributed by atoms with E-state index in [4.69, 9.17) is 0 Å². The summed E-state index contributed by atoms with van der Waals surface area (Å²) in [6, 6.07) is 0.859. The number of nitrogens with one attached hydrogen (secondary N) is 1. The minimum absolute atomic E-state index is 0.859. The van der Waals surface area contributed by atoms with E-state index in [9.17, 15) is 0 Å². The van der Waals surface area contributed by atoms with Gasteiger partial charge in [-0.15, -0.1) is 0 Å². The van der Waals surface area contributed by atoms with Crippen molar-refractivity contribution in [1.82, 2.24) is 5.32 Å². The molecule has 1 fully saturated rings. The Hall–Kier alpha value is -0.820. The summed E-state index contributed by atoms with van der Waals surface area (Å²) in [5.41, 5.74) is 3.02. The summed E-state index contributed by atoms with van der Waals surface area (Å²) in [5, 5.41) is 3.35. The van der Waals surface area contributed by atoms with Gasteiger partial charge in [-0.1, -0.05) is 36.8 Å². The summed E-state index contributed by atoms with van der Waals surface area (Å²) in [4.78, 5) is 0. The van der Waals surface area contributed by atoms with Gasteiger partial charge in [-0.2, -0.15) is 0 Å². The Labute approximate surface area is 93.0 Å². The highest BCUT2D eigenvalue weighted by Gasteiger charge is 2.18. The van der Waals surface area contributed by atoms with E-state index < -0.39 is 0 Å². The molecule has 0 bridgehead atoms. The quantitative estimate of drug-likeness (QED) is 0.519. The van der Waals surface area contributed by atoms with Crippen LogP contribution < -0.4 is 5.32 Å². The molecule has 1 N–H and O–H groups in total. The summed E-state index contributed by atoms with van der Waals surface area (Å²) < 4.78 is 0. The second-order valence-corrected chi connectivity index (χ2v) is 4.62. The maximum atomic E-state index is 3.81. The first-order valence-corrected chi connectivity index (χ1v) is 6.13. The molecular formula is C14H21N. The molecule has 0 amide bonds. The second-order valence-electron chi connectivity index (χ2n) is 4.62. The van der Waals surface area contributed by atoms with Gasteiger partial charge in [-0.3, -0.25) is 0 Å². The number of rotatable bonds is 6. The fraction of sp³-hybridized carbons (Fsp3) is 0.571. The summed E-state index contributed by atoms with van der Waals surface area (Å²) in [7, 11) is 0. The van der Waals surface area contributed by atoms with Crippen LogP contribution in [0, 0.1) is 0 Å². The molecule has 0 aromatic heterocycles. The molecule has 2 aliphatic rings. The normalized spacial score (nSPS) is 24.4. The van der Waals surface area contributed by atoms with Gasteiger partial charge in [0.15, 0.2) is 0 Å². The number of unbranched alkanes of at least 4 members (excludes halogenated alkanes) is 1. The molecule has 0 aromatic rings. The van der Waals surface area contributed by atoms with E-state index in [0.717, 1.165) is 6.04 Å². The molecule has 1 heteroatoms. The van der Waals surface area contributed by atoms with Gasteiger partial charge in [0.25, 0.3) is 0 Å². The second kappa shape index (κ2) is 5.32. The molecule has 82 valence electrons. The average Bonchev–Trinajstić information content (AvgIpc) is 3.09. The Kier molecular flexibility index (Phi) is 3.79. The van der Waals surface area contributed by atoms with E-state index in [-0.39, 0.29) is 0 Å². The highest BCUT2D eigenvalue weighted by molar-refractivity contribution is 5.29. The van der Waals surface area contributed by atoms with E-state index in [0.29, 0.717) is 0 Å². The fourth-order valence-electron chi connectivity index (χ4n) is 2.11. The molecule has 2 rings (SSSR count). The summed E-state index contributed by atoms with van der Waals surface area (Å²) in [5.74, 6) is 0. The molecule has 0 aromatic carbocycles. The van der Waals surface area contributed by atoms with E-state index in [1.807, 2.05) is 6.08 Å². The lowest BCUT2D eigenvalue weighted by Gasteiger charge is -2.12. The van der Waals surface area contributed by atoms with Gasteiger partial charge in [0.05, 0.1) is 0 Å². The first-order valence-electron chi connectivity index (χ1n) is 6.13. The topological polar surface area (TPSA) is 21.9 Å². The maximum absolute atomic E-state index is 3.81. The minimum atomic E-state index is 0.859. The van der Waals surface area contributed by atoms with E-state index in [2.05, 4.69) is 24.0 Å². The van der Waals surface area contributed by atoms with Gasteiger partial charge in [0, 0.05) is 12.6 Å². The van der Waals surface area contributed by atoms with Gasteiger partial charge in [-0.25, -0.2) is 0 Å². The zero-order valence-electron chi connectivity index (χ0n) is 9.47. The Morgan fingerprint density at radius 1 is 1.33 bits per heavy atom. The van der Waals surface area contributed by atoms with Crippen molar-refractivity contribution >= 4 is 0 Å². The number of hydrogen-bond donors (Lipinski definition) is 1. The highest BCUT2D eigenvalue weighted by atomic mass is 15.1. The molecule has 1 atom stereocenters. The molecular weight excluding hydrogens is 182 g/mol. The van der Waals surface area contributed by atoms with E-state index >= 15 is 0 Å². The fourth-order valence-corrected chi connectivity index (χ4v) is 2.11. The standard InChI is InChI=1S/C14H21N/c1-2-12-7-9-13(10-8-12)5-3-4-6-14-11-15-14/h2,7,9,14-15H,1,3-6,8,10-11H2. The molecule has 1 unspecified atom stereocenters. The van der Waals surface area contributed by atoms with Crippen LogP contribution in [0.5, 0.6) is 0 Å². The van der Waals surface area contributed by atoms with Crippen LogP contribution >= 0.6 is 0 Å². The van der Waals surface area contributed by atoms with Crippen molar-refractivity contribution in [2.75, 3.05) is 6.54 Å². The summed E-state index contributed by atoms with van der Waals surface area (Å²) in [6.07, 6.45) is 14.4. The lowest BCUT2D eigenvalue weighted by atomic mass is 9.94. The van der Waals surface area contributed by atoms with Crippen molar-refractivity contribution in [3.8, 4) is 0 Å². The Morgan fingerprint density at radius 3 is 2.80 bits per heavy atom. The van der Waals surface area contributed by atoms with Crippen molar-refractivity contribution < 1.29 is 0 Å². The van der Waals surface area contributed by atoms with Crippen LogP contribution in [0.25, 0.3) is 0 Å². The smallest absolute Gasteiger partial charge is 0.0193 e. The average molecular weight is 203 g/mol. The van der Waals surface area contributed by atoms with Crippen LogP contribution in [0.15, 0.2) is 36.0 Å². The molecule has 0 radical (unpaired) electrons. The first kappa shape index (κ1) is 10.7. The molecule has 1 nitrogen and oxygen atoms in total. The van der Waals surface area contributed by atoms with Crippen LogP contribution in [-0.2, 0) is 0 Å². The van der Waals surface area contributed by atoms with Crippen molar-refractivity contribution in [2.45, 2.75) is 44.6 Å². The largest absolute Gasteiger partial charge is 0.311 e. The van der Waals surface area contributed by atoms with Crippen LogP contribution in [0.3, 0.4) is 0 Å². The van der Waals surface area contributed by atoms with Gasteiger partial charge in [0.1, 0.15) is 0 Å². The SMILES string of the molecule is C=CC1=CC=C(CCCCC2CN2)CC1. The number of hydrogen-bond acceptors (Lipinski definition) is 1. The monoisotopic (exact) mass is 203 g/mol. The summed E-state index contributed by atoms with van der Waals surface area (Å²) >= 11 is 0. The molecule has 0 saturated carbocycles. The molecule has 1 aliphatic carbocycles. The molecule has 0 spiro atoms. The van der Waals surface area contributed by atoms with Crippen LogP contribution in [0.4, 0.5) is 0 Å². The zero-order chi connectivity index (χ0) is 10.5. The van der Waals surface area contributed by atoms with Gasteiger partial charge >= 0.3 is 0 Å². The van der Waals surface area contributed by atoms with E-state index in [1.54, 1.807) is 5.57 Å². The van der Waals surface area contributed by atoms with Crippen molar-refractivity contribution in [3.63, 3.8) is 0 Å². The molecule has 1 heterocycles. The van der Waals surface area contributed by atoms with Gasteiger partial charge in [-0.05, 0) is 37.7 Å². The maximum Gasteiger partial charge on any atom is 0.0193 e. The Balaban J connectivity index is 1.63. The Bertz CT molecular complexity index is 282. The Morgan fingerprint density at radius 2 is 2.20 bits per heavy atom.